The molecule has 0 aliphatic carbocycles. The van der Waals surface area contributed by atoms with Gasteiger partial charge in [0.1, 0.15) is 0 Å². The zero-order chi connectivity index (χ0) is 8.10. The van der Waals surface area contributed by atoms with Gasteiger partial charge in [-0.05, 0) is 19.3 Å². The first-order valence-corrected chi connectivity index (χ1v) is 5.30. The number of hydrogen-bond donors (Lipinski definition) is 0. The molecule has 2 nitrogen and oxygen atoms in total. The van der Waals surface area contributed by atoms with E-state index in [1.807, 2.05) is 4.90 Å². The molecule has 1 aliphatic rings. The number of unbranched alkanes of at least 4 members (excludes halogenated alkanes) is 1. The summed E-state index contributed by atoms with van der Waals surface area (Å²) in [5, 5.41) is 1.01. The van der Waals surface area contributed by atoms with Gasteiger partial charge in [-0.1, -0.05) is 15.9 Å². The van der Waals surface area contributed by atoms with Crippen LogP contribution in [0.5, 0.6) is 0 Å². The van der Waals surface area contributed by atoms with Crippen LogP contribution in [0, 0.1) is 0 Å². The van der Waals surface area contributed by atoms with Crippen molar-refractivity contribution >= 4 is 21.8 Å². The van der Waals surface area contributed by atoms with E-state index in [-0.39, 0.29) is 0 Å². The highest BCUT2D eigenvalue weighted by atomic mass is 79.9. The van der Waals surface area contributed by atoms with Crippen LogP contribution >= 0.6 is 15.9 Å². The van der Waals surface area contributed by atoms with Crippen molar-refractivity contribution in [2.75, 3.05) is 18.4 Å². The molecule has 0 radical (unpaired) electrons. The summed E-state index contributed by atoms with van der Waals surface area (Å²) in [6, 6.07) is 0. The topological polar surface area (TPSA) is 20.3 Å². The molecule has 0 spiro atoms. The minimum Gasteiger partial charge on any atom is -0.343 e. The predicted octanol–water partition coefficient (Wildman–Crippen LogP) is 1.78. The van der Waals surface area contributed by atoms with Crippen LogP contribution in [0.4, 0.5) is 0 Å². The number of nitrogens with zero attached hydrogens (tertiary/aromatic N) is 1. The summed E-state index contributed by atoms with van der Waals surface area (Å²) in [4.78, 5) is 13.1. The van der Waals surface area contributed by atoms with Crippen molar-refractivity contribution in [1.82, 2.24) is 4.90 Å². The van der Waals surface area contributed by atoms with E-state index in [9.17, 15) is 4.79 Å². The summed E-state index contributed by atoms with van der Waals surface area (Å²) in [7, 11) is 0. The molecule has 0 atom stereocenters. The Kier molecular flexibility index (Phi) is 3.91. The van der Waals surface area contributed by atoms with Crippen LogP contribution < -0.4 is 0 Å². The molecule has 1 heterocycles. The average Bonchev–Trinajstić information content (AvgIpc) is 1.84. The first kappa shape index (κ1) is 9.04. The van der Waals surface area contributed by atoms with Gasteiger partial charge in [0.15, 0.2) is 0 Å². The lowest BCUT2D eigenvalue weighted by Crippen LogP contribution is -2.41. The Morgan fingerprint density at radius 1 is 1.36 bits per heavy atom. The summed E-state index contributed by atoms with van der Waals surface area (Å²) in [5.74, 6) is 0.345. The Labute approximate surface area is 76.1 Å². The van der Waals surface area contributed by atoms with Crippen LogP contribution in [-0.2, 0) is 4.79 Å². The minimum atomic E-state index is 0.345. The number of carbonyl (C=O) groups is 1. The van der Waals surface area contributed by atoms with Crippen LogP contribution in [0.1, 0.15) is 25.7 Å². The van der Waals surface area contributed by atoms with Crippen LogP contribution in [-0.4, -0.2) is 29.2 Å². The molecular weight excluding hydrogens is 206 g/mol. The van der Waals surface area contributed by atoms with E-state index < -0.39 is 0 Å². The average molecular weight is 220 g/mol. The zero-order valence-corrected chi connectivity index (χ0v) is 8.27. The maximum atomic E-state index is 11.2. The molecule has 3 heteroatoms. The van der Waals surface area contributed by atoms with Crippen LogP contribution in [0.25, 0.3) is 0 Å². The predicted molar refractivity (Wildman–Crippen MR) is 48.8 cm³/mol. The summed E-state index contributed by atoms with van der Waals surface area (Å²) in [5.41, 5.74) is 0. The van der Waals surface area contributed by atoms with Crippen molar-refractivity contribution in [3.05, 3.63) is 0 Å². The third-order valence-corrected chi connectivity index (χ3v) is 2.54. The highest BCUT2D eigenvalue weighted by Gasteiger charge is 2.18. The Hall–Kier alpha value is -0.0500. The second-order valence-corrected chi connectivity index (χ2v) is 3.67. The molecule has 0 unspecified atom stereocenters. The van der Waals surface area contributed by atoms with E-state index in [1.54, 1.807) is 0 Å². The van der Waals surface area contributed by atoms with Crippen LogP contribution in [0.2, 0.25) is 0 Å². The number of alkyl halides is 1. The van der Waals surface area contributed by atoms with Crippen molar-refractivity contribution in [3.8, 4) is 0 Å². The van der Waals surface area contributed by atoms with Gasteiger partial charge >= 0.3 is 0 Å². The van der Waals surface area contributed by atoms with Crippen LogP contribution in [0.3, 0.4) is 0 Å². The highest BCUT2D eigenvalue weighted by molar-refractivity contribution is 9.09. The van der Waals surface area contributed by atoms with Crippen molar-refractivity contribution in [1.29, 1.82) is 0 Å². The maximum absolute atomic E-state index is 11.2. The lowest BCUT2D eigenvalue weighted by atomic mass is 10.1. The second kappa shape index (κ2) is 4.75. The highest BCUT2D eigenvalue weighted by Crippen LogP contribution is 2.09. The van der Waals surface area contributed by atoms with E-state index in [2.05, 4.69) is 15.9 Å². The molecule has 1 aliphatic heterocycles. The molecule has 1 saturated heterocycles. The largest absolute Gasteiger partial charge is 0.343 e. The van der Waals surface area contributed by atoms with Gasteiger partial charge in [-0.3, -0.25) is 4.79 Å². The van der Waals surface area contributed by atoms with Gasteiger partial charge in [-0.2, -0.15) is 0 Å². The zero-order valence-electron chi connectivity index (χ0n) is 6.68. The van der Waals surface area contributed by atoms with E-state index in [0.29, 0.717) is 5.91 Å². The molecule has 64 valence electrons. The van der Waals surface area contributed by atoms with Crippen molar-refractivity contribution < 1.29 is 4.79 Å². The fourth-order valence-corrected chi connectivity index (χ4v) is 1.49. The molecule has 0 N–H and O–H groups in total. The number of carbonyl (C=O) groups excluding carboxylic acids is 1. The lowest BCUT2D eigenvalue weighted by Gasteiger charge is -2.30. The maximum Gasteiger partial charge on any atom is 0.222 e. The number of amides is 1. The number of rotatable bonds is 4. The van der Waals surface area contributed by atoms with Crippen LogP contribution in [0.15, 0.2) is 0 Å². The minimum absolute atomic E-state index is 0.345. The SMILES string of the molecule is O=C(CCCCBr)N1CCC1. The monoisotopic (exact) mass is 219 g/mol. The molecule has 0 bridgehead atoms. The summed E-state index contributed by atoms with van der Waals surface area (Å²) >= 11 is 3.34. The third-order valence-electron chi connectivity index (χ3n) is 1.98. The Bertz CT molecular complexity index is 134. The first-order chi connectivity index (χ1) is 5.34. The number of likely N-dealkylation sites (tertiary alicyclic amines) is 1. The van der Waals surface area contributed by atoms with Gasteiger partial charge in [-0.15, -0.1) is 0 Å². The van der Waals surface area contributed by atoms with Gasteiger partial charge in [0.05, 0.1) is 0 Å². The van der Waals surface area contributed by atoms with E-state index in [4.69, 9.17) is 0 Å². The molecule has 1 fully saturated rings. The molecule has 1 rings (SSSR count). The summed E-state index contributed by atoms with van der Waals surface area (Å²) in [6.45, 7) is 1.99. The fraction of sp³-hybridized carbons (Fsp3) is 0.875. The van der Waals surface area contributed by atoms with Gasteiger partial charge in [0, 0.05) is 24.8 Å². The first-order valence-electron chi connectivity index (χ1n) is 4.18. The van der Waals surface area contributed by atoms with Gasteiger partial charge in [-0.25, -0.2) is 0 Å². The molecular formula is C8H14BrNO. The normalized spacial score (nSPS) is 16.3. The Morgan fingerprint density at radius 2 is 2.09 bits per heavy atom. The standard InChI is InChI=1S/C8H14BrNO/c9-5-2-1-4-8(11)10-6-3-7-10/h1-7H2. The van der Waals surface area contributed by atoms with Gasteiger partial charge in [0.2, 0.25) is 5.91 Å². The summed E-state index contributed by atoms with van der Waals surface area (Å²) in [6.07, 6.45) is 4.08. The lowest BCUT2D eigenvalue weighted by molar-refractivity contribution is -0.134. The van der Waals surface area contributed by atoms with E-state index in [1.165, 1.54) is 6.42 Å². The quantitative estimate of drug-likeness (QED) is 0.522. The van der Waals surface area contributed by atoms with Gasteiger partial charge < -0.3 is 4.90 Å². The molecule has 0 aromatic carbocycles. The smallest absolute Gasteiger partial charge is 0.222 e. The van der Waals surface area contributed by atoms with Gasteiger partial charge in [0.25, 0.3) is 0 Å². The molecule has 1 amide bonds. The van der Waals surface area contributed by atoms with E-state index >= 15 is 0 Å². The molecule has 0 saturated carbocycles. The third kappa shape index (κ3) is 2.81. The summed E-state index contributed by atoms with van der Waals surface area (Å²) < 4.78 is 0. The number of halogens is 1. The van der Waals surface area contributed by atoms with E-state index in [0.717, 1.165) is 37.7 Å². The second-order valence-electron chi connectivity index (χ2n) is 2.88. The Morgan fingerprint density at radius 3 is 2.55 bits per heavy atom. The molecule has 0 aromatic rings. The van der Waals surface area contributed by atoms with Crippen molar-refractivity contribution in [2.24, 2.45) is 0 Å². The van der Waals surface area contributed by atoms with Crippen molar-refractivity contribution in [2.45, 2.75) is 25.7 Å². The Balaban J connectivity index is 2.01. The molecule has 0 aromatic heterocycles. The van der Waals surface area contributed by atoms with Crippen molar-refractivity contribution in [3.63, 3.8) is 0 Å². The number of hydrogen-bond acceptors (Lipinski definition) is 1. The fourth-order valence-electron chi connectivity index (χ4n) is 1.09. The molecule has 11 heavy (non-hydrogen) atoms.